The van der Waals surface area contributed by atoms with Crippen molar-refractivity contribution < 1.29 is 4.79 Å². The predicted octanol–water partition coefficient (Wildman–Crippen LogP) is 2.17. The summed E-state index contributed by atoms with van der Waals surface area (Å²) in [6.45, 7) is 2.12. The highest BCUT2D eigenvalue weighted by molar-refractivity contribution is 7.80. The van der Waals surface area contributed by atoms with Crippen molar-refractivity contribution >= 4 is 23.1 Å². The minimum atomic E-state index is -0.579. The maximum absolute atomic E-state index is 13.1. The fourth-order valence-electron chi connectivity index (χ4n) is 3.78. The largest absolute Gasteiger partial charge is 0.392 e. The third kappa shape index (κ3) is 3.57. The molecule has 0 aromatic rings. The van der Waals surface area contributed by atoms with Crippen molar-refractivity contribution in [3.05, 3.63) is 0 Å². The number of hydrogen-bond donors (Lipinski definition) is 1. The number of rotatable bonds is 3. The SMILES string of the molecule is CN1CCC(N(C)C(=O)C2(C(N)=S)CCCCCC2)CC1. The zero-order valence-corrected chi connectivity index (χ0v) is 14.3. The second-order valence-electron chi connectivity index (χ2n) is 6.81. The van der Waals surface area contributed by atoms with Crippen LogP contribution in [0.5, 0.6) is 0 Å². The van der Waals surface area contributed by atoms with Gasteiger partial charge in [0.25, 0.3) is 0 Å². The molecular formula is C16H29N3OS. The second-order valence-corrected chi connectivity index (χ2v) is 7.25. The molecule has 4 nitrogen and oxygen atoms in total. The number of thiocarbonyl (C=S) groups is 1. The van der Waals surface area contributed by atoms with Gasteiger partial charge in [-0.15, -0.1) is 0 Å². The van der Waals surface area contributed by atoms with E-state index < -0.39 is 5.41 Å². The molecule has 1 aliphatic carbocycles. The van der Waals surface area contributed by atoms with E-state index in [4.69, 9.17) is 18.0 Å². The molecule has 0 aromatic heterocycles. The van der Waals surface area contributed by atoms with Gasteiger partial charge in [0, 0.05) is 13.1 Å². The smallest absolute Gasteiger partial charge is 0.235 e. The Balaban J connectivity index is 2.12. The Morgan fingerprint density at radius 1 is 1.19 bits per heavy atom. The maximum Gasteiger partial charge on any atom is 0.235 e. The highest BCUT2D eigenvalue weighted by Crippen LogP contribution is 2.38. The number of hydrogen-bond acceptors (Lipinski definition) is 3. The van der Waals surface area contributed by atoms with Crippen molar-refractivity contribution in [2.45, 2.75) is 57.4 Å². The van der Waals surface area contributed by atoms with E-state index in [1.165, 1.54) is 12.8 Å². The third-order valence-electron chi connectivity index (χ3n) is 5.39. The van der Waals surface area contributed by atoms with Crippen molar-refractivity contribution in [1.29, 1.82) is 0 Å². The van der Waals surface area contributed by atoms with Crippen LogP contribution in [-0.2, 0) is 4.79 Å². The third-order valence-corrected chi connectivity index (χ3v) is 5.79. The first kappa shape index (κ1) is 16.7. The van der Waals surface area contributed by atoms with Crippen LogP contribution in [0.1, 0.15) is 51.4 Å². The van der Waals surface area contributed by atoms with Gasteiger partial charge in [-0.25, -0.2) is 0 Å². The van der Waals surface area contributed by atoms with Gasteiger partial charge in [-0.05, 0) is 45.8 Å². The summed E-state index contributed by atoms with van der Waals surface area (Å²) in [6.07, 6.45) is 8.26. The molecular weight excluding hydrogens is 282 g/mol. The van der Waals surface area contributed by atoms with Crippen LogP contribution >= 0.6 is 12.2 Å². The molecule has 0 aromatic carbocycles. The molecule has 2 N–H and O–H groups in total. The van der Waals surface area contributed by atoms with Gasteiger partial charge in [-0.1, -0.05) is 37.9 Å². The molecule has 1 heterocycles. The molecule has 0 atom stereocenters. The first-order valence-corrected chi connectivity index (χ1v) is 8.64. The zero-order valence-electron chi connectivity index (χ0n) is 13.4. The van der Waals surface area contributed by atoms with E-state index in [0.717, 1.165) is 51.6 Å². The molecule has 1 saturated heterocycles. The summed E-state index contributed by atoms with van der Waals surface area (Å²) in [6, 6.07) is 0.336. The Bertz CT molecular complexity index is 383. The first-order chi connectivity index (χ1) is 9.97. The lowest BCUT2D eigenvalue weighted by molar-refractivity contribution is -0.140. The number of nitrogens with zero attached hydrogens (tertiary/aromatic N) is 2. The van der Waals surface area contributed by atoms with Gasteiger partial charge >= 0.3 is 0 Å². The number of carbonyl (C=O) groups excluding carboxylic acids is 1. The van der Waals surface area contributed by atoms with Gasteiger partial charge in [0.05, 0.1) is 10.4 Å². The number of amides is 1. The van der Waals surface area contributed by atoms with Crippen molar-refractivity contribution in [1.82, 2.24) is 9.80 Å². The van der Waals surface area contributed by atoms with E-state index in [2.05, 4.69) is 11.9 Å². The average Bonchev–Trinajstić information content (AvgIpc) is 2.73. The summed E-state index contributed by atoms with van der Waals surface area (Å²) in [5.74, 6) is 0.173. The molecule has 120 valence electrons. The fraction of sp³-hybridized carbons (Fsp3) is 0.875. The van der Waals surface area contributed by atoms with Crippen LogP contribution in [-0.4, -0.2) is 53.9 Å². The summed E-state index contributed by atoms with van der Waals surface area (Å²) in [7, 11) is 4.09. The number of likely N-dealkylation sites (tertiary alicyclic amines) is 1. The van der Waals surface area contributed by atoms with Gasteiger partial charge in [-0.3, -0.25) is 4.79 Å². The molecule has 1 aliphatic heterocycles. The van der Waals surface area contributed by atoms with Crippen LogP contribution in [0.15, 0.2) is 0 Å². The first-order valence-electron chi connectivity index (χ1n) is 8.23. The van der Waals surface area contributed by atoms with Gasteiger partial charge in [0.15, 0.2) is 0 Å². The van der Waals surface area contributed by atoms with Gasteiger partial charge in [0.1, 0.15) is 0 Å². The summed E-state index contributed by atoms with van der Waals surface area (Å²) in [5, 5.41) is 0. The van der Waals surface area contributed by atoms with Crippen molar-refractivity contribution in [3.8, 4) is 0 Å². The Labute approximate surface area is 134 Å². The molecule has 2 fully saturated rings. The van der Waals surface area contributed by atoms with Crippen LogP contribution in [0.3, 0.4) is 0 Å². The highest BCUT2D eigenvalue weighted by atomic mass is 32.1. The average molecular weight is 311 g/mol. The molecule has 1 amide bonds. The zero-order chi connectivity index (χ0) is 15.5. The lowest BCUT2D eigenvalue weighted by atomic mass is 9.78. The monoisotopic (exact) mass is 311 g/mol. The molecule has 0 spiro atoms. The molecule has 0 unspecified atom stereocenters. The van der Waals surface area contributed by atoms with E-state index in [1.54, 1.807) is 0 Å². The number of carbonyl (C=O) groups is 1. The van der Waals surface area contributed by atoms with E-state index >= 15 is 0 Å². The molecule has 0 radical (unpaired) electrons. The van der Waals surface area contributed by atoms with Crippen molar-refractivity contribution in [2.24, 2.45) is 11.1 Å². The standard InChI is InChI=1S/C16H29N3OS/c1-18-11-7-13(8-12-18)19(2)15(20)16(14(17)21)9-5-3-4-6-10-16/h13H,3-12H2,1-2H3,(H2,17,21). The van der Waals surface area contributed by atoms with E-state index in [1.807, 2.05) is 11.9 Å². The summed E-state index contributed by atoms with van der Waals surface area (Å²) >= 11 is 5.33. The number of piperidine rings is 1. The summed E-state index contributed by atoms with van der Waals surface area (Å²) < 4.78 is 0. The van der Waals surface area contributed by atoms with Gasteiger partial charge < -0.3 is 15.5 Å². The van der Waals surface area contributed by atoms with Crippen LogP contribution in [0, 0.1) is 5.41 Å². The maximum atomic E-state index is 13.1. The number of nitrogens with two attached hydrogens (primary N) is 1. The molecule has 21 heavy (non-hydrogen) atoms. The Hall–Kier alpha value is -0.680. The van der Waals surface area contributed by atoms with Crippen LogP contribution < -0.4 is 5.73 Å². The van der Waals surface area contributed by atoms with Crippen LogP contribution in [0.4, 0.5) is 0 Å². The summed E-state index contributed by atoms with van der Waals surface area (Å²) in [4.78, 5) is 17.8. The Morgan fingerprint density at radius 3 is 2.19 bits per heavy atom. The topological polar surface area (TPSA) is 49.6 Å². The van der Waals surface area contributed by atoms with Crippen LogP contribution in [0.2, 0.25) is 0 Å². The second kappa shape index (κ2) is 7.05. The predicted molar refractivity (Wildman–Crippen MR) is 90.2 cm³/mol. The minimum Gasteiger partial charge on any atom is -0.392 e. The van der Waals surface area contributed by atoms with E-state index in [9.17, 15) is 4.79 Å². The Kier molecular flexibility index (Phi) is 5.60. The van der Waals surface area contributed by atoms with E-state index in [-0.39, 0.29) is 5.91 Å². The van der Waals surface area contributed by atoms with Crippen molar-refractivity contribution in [3.63, 3.8) is 0 Å². The quantitative estimate of drug-likeness (QED) is 0.641. The normalized spacial score (nSPS) is 24.3. The lowest BCUT2D eigenvalue weighted by Gasteiger charge is -2.40. The molecule has 5 heteroatoms. The van der Waals surface area contributed by atoms with Crippen molar-refractivity contribution in [2.75, 3.05) is 27.2 Å². The Morgan fingerprint density at radius 2 is 1.71 bits per heavy atom. The van der Waals surface area contributed by atoms with Gasteiger partial charge in [0.2, 0.25) is 5.91 Å². The molecule has 1 saturated carbocycles. The summed E-state index contributed by atoms with van der Waals surface area (Å²) in [5.41, 5.74) is 5.46. The van der Waals surface area contributed by atoms with E-state index in [0.29, 0.717) is 11.0 Å². The molecule has 0 bridgehead atoms. The van der Waals surface area contributed by atoms with Gasteiger partial charge in [-0.2, -0.15) is 0 Å². The minimum absolute atomic E-state index is 0.173. The fourth-order valence-corrected chi connectivity index (χ4v) is 4.07. The molecule has 2 aliphatic rings. The lowest BCUT2D eigenvalue weighted by Crippen LogP contribution is -2.54. The van der Waals surface area contributed by atoms with Crippen LogP contribution in [0.25, 0.3) is 0 Å². The highest BCUT2D eigenvalue weighted by Gasteiger charge is 2.44. The molecule has 2 rings (SSSR count).